The number of anilines is 2. The molecule has 4 rings (SSSR count). The Morgan fingerprint density at radius 2 is 1.77 bits per heavy atom. The predicted molar refractivity (Wildman–Crippen MR) is 137 cm³/mol. The molecular formula is C23H26Cl2N8O2. The van der Waals surface area contributed by atoms with E-state index in [0.29, 0.717) is 34.1 Å². The Bertz CT molecular complexity index is 1230. The second-order valence-electron chi connectivity index (χ2n) is 8.46. The Labute approximate surface area is 213 Å². The van der Waals surface area contributed by atoms with E-state index in [4.69, 9.17) is 49.6 Å². The second-order valence-corrected chi connectivity index (χ2v) is 9.27. The fourth-order valence-corrected chi connectivity index (χ4v) is 4.38. The zero-order valence-corrected chi connectivity index (χ0v) is 21.0. The first-order valence-electron chi connectivity index (χ1n) is 10.7. The number of halogens is 2. The normalized spacial score (nSPS) is 15.3. The summed E-state index contributed by atoms with van der Waals surface area (Å²) in [6, 6.07) is 3.15. The molecule has 1 fully saturated rings. The zero-order valence-electron chi connectivity index (χ0n) is 19.5. The molecule has 0 amide bonds. The van der Waals surface area contributed by atoms with Gasteiger partial charge >= 0.3 is 0 Å². The van der Waals surface area contributed by atoms with Gasteiger partial charge in [-0.3, -0.25) is 16.1 Å². The molecule has 3 heterocycles. The molecule has 0 radical (unpaired) electrons. The molecule has 1 aliphatic rings. The highest BCUT2D eigenvalue weighted by molar-refractivity contribution is 6.35. The number of hydrogen-bond acceptors (Lipinski definition) is 10. The van der Waals surface area contributed by atoms with E-state index in [1.54, 1.807) is 24.5 Å². The molecule has 0 bridgehead atoms. The quantitative estimate of drug-likeness (QED) is 0.201. The molecule has 10 nitrogen and oxygen atoms in total. The third-order valence-electron chi connectivity index (χ3n) is 5.93. The van der Waals surface area contributed by atoms with Crippen molar-refractivity contribution >= 4 is 40.5 Å². The molecule has 1 aliphatic heterocycles. The highest BCUT2D eigenvalue weighted by atomic mass is 35.5. The van der Waals surface area contributed by atoms with E-state index in [0.717, 1.165) is 13.1 Å². The summed E-state index contributed by atoms with van der Waals surface area (Å²) in [5.41, 5.74) is 14.2. The smallest absolute Gasteiger partial charge is 0.225 e. The first-order chi connectivity index (χ1) is 16.7. The number of likely N-dealkylation sites (N-methyl/N-ethyl adjacent to an activating group) is 1. The number of nitrogens with two attached hydrogens (primary N) is 2. The van der Waals surface area contributed by atoms with Crippen molar-refractivity contribution in [2.45, 2.75) is 18.7 Å². The van der Waals surface area contributed by atoms with Gasteiger partial charge in [0.25, 0.3) is 0 Å². The van der Waals surface area contributed by atoms with Gasteiger partial charge in [0.2, 0.25) is 5.95 Å². The predicted octanol–water partition coefficient (Wildman–Crippen LogP) is 3.02. The summed E-state index contributed by atoms with van der Waals surface area (Å²) in [4.78, 5) is 14.9. The number of nitrogens with zero attached hydrogens (tertiary/aromatic N) is 4. The van der Waals surface area contributed by atoms with E-state index >= 15 is 0 Å². The summed E-state index contributed by atoms with van der Waals surface area (Å²) in [5, 5.41) is 12.5. The first-order valence-corrected chi connectivity index (χ1v) is 11.4. The highest BCUT2D eigenvalue weighted by Crippen LogP contribution is 2.37. The van der Waals surface area contributed by atoms with Crippen LogP contribution in [0.5, 0.6) is 11.5 Å². The number of ether oxygens (including phenoxy) is 2. The maximum atomic E-state index is 8.72. The Hall–Kier alpha value is -3.18. The Morgan fingerprint density at radius 1 is 1.14 bits per heavy atom. The lowest BCUT2D eigenvalue weighted by Gasteiger charge is -2.47. The van der Waals surface area contributed by atoms with Crippen molar-refractivity contribution in [3.05, 3.63) is 63.7 Å². The van der Waals surface area contributed by atoms with Crippen molar-refractivity contribution in [2.24, 2.45) is 5.73 Å². The van der Waals surface area contributed by atoms with Crippen molar-refractivity contribution in [3.63, 3.8) is 0 Å². The lowest BCUT2D eigenvalue weighted by molar-refractivity contribution is 0.204. The van der Waals surface area contributed by atoms with E-state index in [-0.39, 0.29) is 27.0 Å². The van der Waals surface area contributed by atoms with Crippen LogP contribution in [-0.2, 0) is 0 Å². The molecule has 3 aromatic rings. The van der Waals surface area contributed by atoms with Crippen LogP contribution in [0.15, 0.2) is 36.9 Å². The molecule has 6 N–H and O–H groups in total. The van der Waals surface area contributed by atoms with Crippen LogP contribution in [0.25, 0.3) is 0 Å². The van der Waals surface area contributed by atoms with Crippen LogP contribution in [0, 0.1) is 5.41 Å². The van der Waals surface area contributed by atoms with E-state index in [1.807, 2.05) is 7.05 Å². The molecule has 0 saturated carbocycles. The molecule has 35 heavy (non-hydrogen) atoms. The van der Waals surface area contributed by atoms with E-state index in [9.17, 15) is 0 Å². The number of rotatable bonds is 8. The summed E-state index contributed by atoms with van der Waals surface area (Å²) in [6.07, 6.45) is 5.05. The van der Waals surface area contributed by atoms with Crippen molar-refractivity contribution in [1.82, 2.24) is 20.3 Å². The van der Waals surface area contributed by atoms with Crippen molar-refractivity contribution in [3.8, 4) is 11.5 Å². The fourth-order valence-electron chi connectivity index (χ4n) is 3.80. The summed E-state index contributed by atoms with van der Waals surface area (Å²) in [7, 11) is 3.42. The van der Waals surface area contributed by atoms with Crippen molar-refractivity contribution < 1.29 is 9.47 Å². The lowest BCUT2D eigenvalue weighted by Crippen LogP contribution is -2.67. The highest BCUT2D eigenvalue weighted by Gasteiger charge is 2.38. The number of hydrogen-bond donors (Lipinski definition) is 4. The van der Waals surface area contributed by atoms with Gasteiger partial charge in [0.05, 0.1) is 28.4 Å². The number of nitrogen functional groups attached to an aromatic ring is 1. The second kappa shape index (κ2) is 9.82. The first kappa shape index (κ1) is 24.9. The number of nitrogens with one attached hydrogen (secondary N) is 2. The molecule has 0 spiro atoms. The van der Waals surface area contributed by atoms with Crippen LogP contribution in [-0.4, -0.2) is 53.4 Å². The summed E-state index contributed by atoms with van der Waals surface area (Å²) >= 11 is 12.4. The number of pyridine rings is 1. The van der Waals surface area contributed by atoms with E-state index < -0.39 is 6.23 Å². The maximum Gasteiger partial charge on any atom is 0.225 e. The minimum Gasteiger partial charge on any atom is -0.493 e. The lowest BCUT2D eigenvalue weighted by atomic mass is 9.93. The van der Waals surface area contributed by atoms with E-state index in [2.05, 4.69) is 32.1 Å². The van der Waals surface area contributed by atoms with Crippen molar-refractivity contribution in [1.29, 1.82) is 5.41 Å². The van der Waals surface area contributed by atoms with Gasteiger partial charge < -0.3 is 25.4 Å². The van der Waals surface area contributed by atoms with Crippen molar-refractivity contribution in [2.75, 3.05) is 37.9 Å². The van der Waals surface area contributed by atoms with Crippen LogP contribution in [0.4, 0.5) is 11.6 Å². The number of aromatic nitrogens is 3. The molecule has 1 saturated heterocycles. The molecule has 184 valence electrons. The van der Waals surface area contributed by atoms with Crippen LogP contribution in [0.2, 0.25) is 10.0 Å². The Balaban J connectivity index is 1.58. The van der Waals surface area contributed by atoms with Gasteiger partial charge in [-0.2, -0.15) is 0 Å². The zero-order chi connectivity index (χ0) is 25.3. The van der Waals surface area contributed by atoms with Crippen LogP contribution in [0.3, 0.4) is 0 Å². The summed E-state index contributed by atoms with van der Waals surface area (Å²) in [6.45, 7) is 3.75. The molecule has 1 atom stereocenters. The van der Waals surface area contributed by atoms with Gasteiger partial charge in [-0.1, -0.05) is 23.2 Å². The number of benzene rings is 1. The fraction of sp³-hybridized carbons (Fsp3) is 0.304. The minimum absolute atomic E-state index is 0.0499. The Kier molecular flexibility index (Phi) is 7.00. The Morgan fingerprint density at radius 3 is 2.34 bits per heavy atom. The summed E-state index contributed by atoms with van der Waals surface area (Å²) < 4.78 is 11.3. The van der Waals surface area contributed by atoms with Gasteiger partial charge in [-0.05, 0) is 20.0 Å². The average molecular weight is 517 g/mol. The molecule has 0 aliphatic carbocycles. The van der Waals surface area contributed by atoms with Crippen LogP contribution >= 0.6 is 23.2 Å². The van der Waals surface area contributed by atoms with Crippen LogP contribution in [0.1, 0.15) is 29.8 Å². The number of methoxy groups -OCH3 is 1. The summed E-state index contributed by atoms with van der Waals surface area (Å²) in [5.74, 6) is 1.22. The van der Waals surface area contributed by atoms with Gasteiger partial charge in [0.1, 0.15) is 0 Å². The standard InChI is InChI=1S/C23H26Cl2N8O2/c1-23(29-2)10-33(11-23)22-31-6-12(7-32-22)20(27)13-4-18(17(34-3)5-16(13)26)35-21(28)19-14(24)8-30-9-15(19)25/h4-9,21,27,29H,10-11,26,28H2,1-3H3/t21-/m0/s1. The van der Waals surface area contributed by atoms with Gasteiger partial charge in [0, 0.05) is 66.3 Å². The monoisotopic (exact) mass is 516 g/mol. The molecule has 12 heteroatoms. The minimum atomic E-state index is -1.01. The third-order valence-corrected chi connectivity index (χ3v) is 6.53. The average Bonchev–Trinajstić information content (AvgIpc) is 2.82. The van der Waals surface area contributed by atoms with Gasteiger partial charge in [-0.25, -0.2) is 9.97 Å². The molecular weight excluding hydrogens is 491 g/mol. The van der Waals surface area contributed by atoms with Gasteiger partial charge in [0.15, 0.2) is 17.7 Å². The SMILES string of the molecule is CNC1(C)CN(c2ncc(C(=N)c3cc(O[C@H](N)c4c(Cl)cncc4Cl)c(OC)cc3N)cn2)C1. The van der Waals surface area contributed by atoms with E-state index in [1.165, 1.54) is 19.5 Å². The molecule has 1 aromatic carbocycles. The molecule has 0 unspecified atom stereocenters. The van der Waals surface area contributed by atoms with Gasteiger partial charge in [-0.15, -0.1) is 0 Å². The molecule has 2 aromatic heterocycles. The maximum absolute atomic E-state index is 8.72. The van der Waals surface area contributed by atoms with Crippen LogP contribution < -0.4 is 31.2 Å². The topological polar surface area (TPSA) is 148 Å². The third kappa shape index (κ3) is 4.96. The largest absolute Gasteiger partial charge is 0.493 e.